The largest absolute Gasteiger partial charge is 0.302 e. The van der Waals surface area contributed by atoms with Gasteiger partial charge < -0.3 is 5.32 Å². The molecule has 0 bridgehead atoms. The van der Waals surface area contributed by atoms with E-state index in [0.717, 1.165) is 6.54 Å². The van der Waals surface area contributed by atoms with Crippen molar-refractivity contribution in [2.75, 3.05) is 12.3 Å². The second-order valence-corrected chi connectivity index (χ2v) is 6.64. The van der Waals surface area contributed by atoms with E-state index < -0.39 is 0 Å². The van der Waals surface area contributed by atoms with E-state index in [4.69, 9.17) is 0 Å². The van der Waals surface area contributed by atoms with Crippen molar-refractivity contribution in [2.45, 2.75) is 38.0 Å². The first-order valence-electron chi connectivity index (χ1n) is 6.03. The maximum absolute atomic E-state index is 3.56. The Morgan fingerprint density at radius 3 is 2.38 bits per heavy atom. The zero-order valence-corrected chi connectivity index (χ0v) is 11.2. The Balaban J connectivity index is 2.12. The lowest BCUT2D eigenvalue weighted by molar-refractivity contribution is 0.589. The van der Waals surface area contributed by atoms with Crippen molar-refractivity contribution >= 4 is 11.8 Å². The highest BCUT2D eigenvalue weighted by Gasteiger charge is 2.17. The Morgan fingerprint density at radius 2 is 1.88 bits per heavy atom. The highest BCUT2D eigenvalue weighted by Crippen LogP contribution is 2.31. The van der Waals surface area contributed by atoms with Crippen LogP contribution in [0.2, 0.25) is 0 Å². The molecule has 0 spiro atoms. The zero-order chi connectivity index (χ0) is 11.6. The number of rotatable bonds is 1. The van der Waals surface area contributed by atoms with Crippen molar-refractivity contribution in [2.24, 2.45) is 0 Å². The molecule has 1 fully saturated rings. The van der Waals surface area contributed by atoms with Gasteiger partial charge in [-0.05, 0) is 35.3 Å². The van der Waals surface area contributed by atoms with Crippen LogP contribution in [0.3, 0.4) is 0 Å². The van der Waals surface area contributed by atoms with Crippen LogP contribution in [0.1, 0.15) is 43.7 Å². The molecule has 1 aromatic carbocycles. The van der Waals surface area contributed by atoms with Crippen LogP contribution in [-0.2, 0) is 5.41 Å². The van der Waals surface area contributed by atoms with Crippen LogP contribution in [0.15, 0.2) is 24.3 Å². The topological polar surface area (TPSA) is 12.0 Å². The molecular formula is C14H21NS. The van der Waals surface area contributed by atoms with E-state index in [1.165, 1.54) is 23.3 Å². The summed E-state index contributed by atoms with van der Waals surface area (Å²) in [4.78, 5) is 0. The summed E-state index contributed by atoms with van der Waals surface area (Å²) in [6.07, 6.45) is 1.29. The van der Waals surface area contributed by atoms with Crippen LogP contribution in [0, 0.1) is 0 Å². The second-order valence-electron chi connectivity index (χ2n) is 5.43. The van der Waals surface area contributed by atoms with Crippen LogP contribution in [0.25, 0.3) is 0 Å². The summed E-state index contributed by atoms with van der Waals surface area (Å²) in [6.45, 7) is 7.93. The molecule has 0 aromatic heterocycles. The van der Waals surface area contributed by atoms with Crippen LogP contribution < -0.4 is 5.32 Å². The monoisotopic (exact) mass is 235 g/mol. The first kappa shape index (κ1) is 12.0. The van der Waals surface area contributed by atoms with Crippen molar-refractivity contribution in [3.05, 3.63) is 35.4 Å². The van der Waals surface area contributed by atoms with E-state index >= 15 is 0 Å². The van der Waals surface area contributed by atoms with E-state index in [1.807, 2.05) is 11.8 Å². The highest BCUT2D eigenvalue weighted by atomic mass is 32.2. The summed E-state index contributed by atoms with van der Waals surface area (Å²) < 4.78 is 0. The number of hydrogen-bond donors (Lipinski definition) is 1. The zero-order valence-electron chi connectivity index (χ0n) is 10.4. The predicted molar refractivity (Wildman–Crippen MR) is 73.0 cm³/mol. The molecule has 2 heteroatoms. The van der Waals surface area contributed by atoms with Gasteiger partial charge in [0.1, 0.15) is 0 Å². The molecule has 1 saturated heterocycles. The molecule has 1 aliphatic rings. The molecule has 16 heavy (non-hydrogen) atoms. The molecule has 2 rings (SSSR count). The third-order valence-corrected chi connectivity index (χ3v) is 4.31. The van der Waals surface area contributed by atoms with E-state index in [2.05, 4.69) is 50.4 Å². The molecule has 1 aromatic rings. The van der Waals surface area contributed by atoms with E-state index in [-0.39, 0.29) is 5.41 Å². The Hall–Kier alpha value is -0.470. The lowest BCUT2D eigenvalue weighted by atomic mass is 9.87. The van der Waals surface area contributed by atoms with Gasteiger partial charge >= 0.3 is 0 Å². The maximum atomic E-state index is 3.56. The smallest absolute Gasteiger partial charge is 0.0789 e. The molecule has 1 nitrogen and oxygen atoms in total. The van der Waals surface area contributed by atoms with Gasteiger partial charge in [-0.1, -0.05) is 45.0 Å². The van der Waals surface area contributed by atoms with Gasteiger partial charge in [0.2, 0.25) is 0 Å². The Kier molecular flexibility index (Phi) is 3.60. The van der Waals surface area contributed by atoms with Gasteiger partial charge in [-0.2, -0.15) is 0 Å². The first-order chi connectivity index (χ1) is 7.57. The number of benzene rings is 1. The Morgan fingerprint density at radius 1 is 1.19 bits per heavy atom. The molecule has 1 unspecified atom stereocenters. The molecule has 1 atom stereocenters. The van der Waals surface area contributed by atoms with E-state index in [1.54, 1.807) is 0 Å². The first-order valence-corrected chi connectivity index (χ1v) is 7.08. The molecule has 0 amide bonds. The van der Waals surface area contributed by atoms with Gasteiger partial charge in [-0.3, -0.25) is 0 Å². The molecule has 1 heterocycles. The van der Waals surface area contributed by atoms with Crippen LogP contribution in [0.5, 0.6) is 0 Å². The van der Waals surface area contributed by atoms with Crippen LogP contribution in [-0.4, -0.2) is 12.3 Å². The van der Waals surface area contributed by atoms with E-state index in [9.17, 15) is 0 Å². The van der Waals surface area contributed by atoms with Crippen molar-refractivity contribution in [3.63, 3.8) is 0 Å². The average molecular weight is 235 g/mol. The van der Waals surface area contributed by atoms with Crippen molar-refractivity contribution < 1.29 is 0 Å². The van der Waals surface area contributed by atoms with Gasteiger partial charge in [0.25, 0.3) is 0 Å². The lowest BCUT2D eigenvalue weighted by Gasteiger charge is -2.25. The lowest BCUT2D eigenvalue weighted by Crippen LogP contribution is -2.25. The molecule has 1 aliphatic heterocycles. The fourth-order valence-corrected chi connectivity index (χ4v) is 3.07. The predicted octanol–water partition coefficient (Wildman–Crippen LogP) is 3.71. The molecule has 0 saturated carbocycles. The fraction of sp³-hybridized carbons (Fsp3) is 0.571. The van der Waals surface area contributed by atoms with E-state index in [0.29, 0.717) is 5.37 Å². The Labute approximate surface area is 103 Å². The molecule has 0 radical (unpaired) electrons. The minimum absolute atomic E-state index is 0.256. The van der Waals surface area contributed by atoms with Gasteiger partial charge in [-0.25, -0.2) is 0 Å². The summed E-state index contributed by atoms with van der Waals surface area (Å²) in [5.74, 6) is 1.28. The summed E-state index contributed by atoms with van der Waals surface area (Å²) in [5, 5.41) is 4.06. The summed E-state index contributed by atoms with van der Waals surface area (Å²) in [6, 6.07) is 9.09. The van der Waals surface area contributed by atoms with Crippen LogP contribution in [0.4, 0.5) is 0 Å². The average Bonchev–Trinajstić information content (AvgIpc) is 2.29. The summed E-state index contributed by atoms with van der Waals surface area (Å²) in [7, 11) is 0. The van der Waals surface area contributed by atoms with Gasteiger partial charge in [0.05, 0.1) is 5.37 Å². The minimum Gasteiger partial charge on any atom is -0.302 e. The fourth-order valence-electron chi connectivity index (χ4n) is 1.94. The number of nitrogens with one attached hydrogen (secondary N) is 1. The third-order valence-electron chi connectivity index (χ3n) is 3.01. The van der Waals surface area contributed by atoms with Crippen molar-refractivity contribution in [3.8, 4) is 0 Å². The van der Waals surface area contributed by atoms with Gasteiger partial charge in [0, 0.05) is 0 Å². The minimum atomic E-state index is 0.256. The Bertz CT molecular complexity index is 331. The third kappa shape index (κ3) is 2.80. The maximum Gasteiger partial charge on any atom is 0.0789 e. The number of hydrogen-bond acceptors (Lipinski definition) is 2. The van der Waals surface area contributed by atoms with Gasteiger partial charge in [0.15, 0.2) is 0 Å². The standard InChI is InChI=1S/C14H21NS/c1-14(2,3)12-7-5-11(6-8-12)13-15-9-4-10-16-13/h5-8,13,15H,4,9-10H2,1-3H3. The van der Waals surface area contributed by atoms with Crippen molar-refractivity contribution in [1.29, 1.82) is 0 Å². The quantitative estimate of drug-likeness (QED) is 0.796. The molecule has 0 aliphatic carbocycles. The van der Waals surface area contributed by atoms with Crippen molar-refractivity contribution in [1.82, 2.24) is 5.32 Å². The van der Waals surface area contributed by atoms with Gasteiger partial charge in [-0.15, -0.1) is 11.8 Å². The SMILES string of the molecule is CC(C)(C)c1ccc(C2NCCCS2)cc1. The second kappa shape index (κ2) is 4.80. The molecular weight excluding hydrogens is 214 g/mol. The molecule has 1 N–H and O–H groups in total. The summed E-state index contributed by atoms with van der Waals surface area (Å²) in [5.41, 5.74) is 3.08. The normalized spacial score (nSPS) is 22.1. The highest BCUT2D eigenvalue weighted by molar-refractivity contribution is 7.99. The molecule has 88 valence electrons. The number of thioether (sulfide) groups is 1. The summed E-state index contributed by atoms with van der Waals surface area (Å²) >= 11 is 2.02. The van der Waals surface area contributed by atoms with Crippen LogP contribution >= 0.6 is 11.8 Å².